The number of halogens is 1. The smallest absolute Gasteiger partial charge is 0.333 e. The highest BCUT2D eigenvalue weighted by atomic mass is 19.1. The van der Waals surface area contributed by atoms with E-state index in [4.69, 9.17) is 9.47 Å². The predicted molar refractivity (Wildman–Crippen MR) is 125 cm³/mol. The molecule has 0 bridgehead atoms. The molecule has 180 valence electrons. The van der Waals surface area contributed by atoms with Gasteiger partial charge in [0.05, 0.1) is 6.54 Å². The van der Waals surface area contributed by atoms with E-state index < -0.39 is 17.9 Å². The number of carbonyl (C=O) groups is 2. The SMILES string of the molecule is CCOC(Cc1ccc(OCCN(CCC(C)C)C(=O)Nc2cccc(F)c2)cc1)C(=O)O. The Morgan fingerprint density at radius 3 is 2.45 bits per heavy atom. The third kappa shape index (κ3) is 9.49. The van der Waals surface area contributed by atoms with Crippen LogP contribution in [0.3, 0.4) is 0 Å². The normalized spacial score (nSPS) is 11.8. The van der Waals surface area contributed by atoms with Crippen LogP contribution in [0.25, 0.3) is 0 Å². The molecule has 2 aromatic rings. The van der Waals surface area contributed by atoms with Gasteiger partial charge in [0, 0.05) is 25.3 Å². The number of carboxylic acid groups (broad SMARTS) is 1. The number of anilines is 1. The lowest BCUT2D eigenvalue weighted by Crippen LogP contribution is -2.39. The molecule has 0 heterocycles. The van der Waals surface area contributed by atoms with Crippen molar-refractivity contribution in [3.8, 4) is 5.75 Å². The first kappa shape index (κ1) is 26.1. The van der Waals surface area contributed by atoms with Crippen molar-refractivity contribution in [3.63, 3.8) is 0 Å². The first-order valence-corrected chi connectivity index (χ1v) is 11.2. The summed E-state index contributed by atoms with van der Waals surface area (Å²) in [5, 5.41) is 11.9. The third-order valence-corrected chi connectivity index (χ3v) is 4.96. The van der Waals surface area contributed by atoms with Crippen LogP contribution in [-0.2, 0) is 16.0 Å². The van der Waals surface area contributed by atoms with Crippen LogP contribution in [0.1, 0.15) is 32.8 Å². The van der Waals surface area contributed by atoms with Gasteiger partial charge in [0.1, 0.15) is 18.2 Å². The fourth-order valence-corrected chi connectivity index (χ4v) is 3.13. The Labute approximate surface area is 194 Å². The molecule has 8 heteroatoms. The van der Waals surface area contributed by atoms with Crippen LogP contribution in [0.2, 0.25) is 0 Å². The molecule has 2 aromatic carbocycles. The maximum absolute atomic E-state index is 13.4. The highest BCUT2D eigenvalue weighted by Gasteiger charge is 2.18. The summed E-state index contributed by atoms with van der Waals surface area (Å²) in [7, 11) is 0. The largest absolute Gasteiger partial charge is 0.492 e. The summed E-state index contributed by atoms with van der Waals surface area (Å²) in [6, 6.07) is 12.6. The standard InChI is InChI=1S/C25H33FN2O5/c1-4-32-23(24(29)30)16-19-8-10-22(11-9-19)33-15-14-28(13-12-18(2)3)25(31)27-21-7-5-6-20(26)17-21/h5-11,17-18,23H,4,12-16H2,1-3H3,(H,27,31)(H,29,30). The molecule has 2 amide bonds. The molecule has 0 radical (unpaired) electrons. The average Bonchev–Trinajstić information content (AvgIpc) is 2.76. The first-order valence-electron chi connectivity index (χ1n) is 11.2. The number of ether oxygens (including phenoxy) is 2. The van der Waals surface area contributed by atoms with Crippen LogP contribution in [0.15, 0.2) is 48.5 Å². The van der Waals surface area contributed by atoms with Crippen molar-refractivity contribution in [2.75, 3.05) is 31.6 Å². The summed E-state index contributed by atoms with van der Waals surface area (Å²) in [4.78, 5) is 25.6. The molecule has 0 aromatic heterocycles. The number of nitrogens with one attached hydrogen (secondary N) is 1. The molecule has 0 saturated heterocycles. The lowest BCUT2D eigenvalue weighted by atomic mass is 10.1. The van der Waals surface area contributed by atoms with Gasteiger partial charge in [-0.1, -0.05) is 32.0 Å². The van der Waals surface area contributed by atoms with Crippen LogP contribution in [0.5, 0.6) is 5.75 Å². The molecular formula is C25H33FN2O5. The van der Waals surface area contributed by atoms with Gasteiger partial charge in [-0.15, -0.1) is 0 Å². The van der Waals surface area contributed by atoms with Crippen molar-refractivity contribution in [2.24, 2.45) is 5.92 Å². The van der Waals surface area contributed by atoms with E-state index in [1.807, 2.05) is 0 Å². The van der Waals surface area contributed by atoms with E-state index in [1.165, 1.54) is 12.1 Å². The fourth-order valence-electron chi connectivity index (χ4n) is 3.13. The zero-order valence-electron chi connectivity index (χ0n) is 19.4. The van der Waals surface area contributed by atoms with Crippen LogP contribution in [-0.4, -0.2) is 54.4 Å². The summed E-state index contributed by atoms with van der Waals surface area (Å²) < 4.78 is 24.5. The van der Waals surface area contributed by atoms with Gasteiger partial charge in [0.15, 0.2) is 6.10 Å². The van der Waals surface area contributed by atoms with E-state index in [0.717, 1.165) is 12.0 Å². The lowest BCUT2D eigenvalue weighted by Gasteiger charge is -2.24. The zero-order valence-corrected chi connectivity index (χ0v) is 19.4. The number of rotatable bonds is 13. The molecule has 7 nitrogen and oxygen atoms in total. The van der Waals surface area contributed by atoms with Gasteiger partial charge in [-0.3, -0.25) is 0 Å². The second-order valence-corrected chi connectivity index (χ2v) is 8.09. The molecule has 1 unspecified atom stereocenters. The first-order chi connectivity index (χ1) is 15.8. The monoisotopic (exact) mass is 460 g/mol. The minimum atomic E-state index is -0.991. The van der Waals surface area contributed by atoms with Crippen LogP contribution in [0, 0.1) is 11.7 Å². The predicted octanol–water partition coefficient (Wildman–Crippen LogP) is 4.82. The Morgan fingerprint density at radius 1 is 1.12 bits per heavy atom. The number of carboxylic acids is 1. The van der Waals surface area contributed by atoms with Gasteiger partial charge in [0.25, 0.3) is 0 Å². The summed E-state index contributed by atoms with van der Waals surface area (Å²) in [6.07, 6.45) is 0.218. The molecule has 33 heavy (non-hydrogen) atoms. The van der Waals surface area contributed by atoms with Crippen LogP contribution in [0.4, 0.5) is 14.9 Å². The molecule has 0 fully saturated rings. The van der Waals surface area contributed by atoms with E-state index in [0.29, 0.717) is 37.1 Å². The lowest BCUT2D eigenvalue weighted by molar-refractivity contribution is -0.149. The van der Waals surface area contributed by atoms with Crippen molar-refractivity contribution in [1.82, 2.24) is 4.90 Å². The van der Waals surface area contributed by atoms with Gasteiger partial charge in [0.2, 0.25) is 0 Å². The minimum absolute atomic E-state index is 0.271. The average molecular weight is 461 g/mol. The molecule has 0 aliphatic carbocycles. The molecule has 1 atom stereocenters. The maximum atomic E-state index is 13.4. The molecule has 0 aliphatic heterocycles. The van der Waals surface area contributed by atoms with E-state index in [9.17, 15) is 19.1 Å². The van der Waals surface area contributed by atoms with Crippen molar-refractivity contribution in [3.05, 3.63) is 59.9 Å². The Morgan fingerprint density at radius 2 is 1.85 bits per heavy atom. The Balaban J connectivity index is 1.91. The Kier molecular flexibility index (Phi) is 10.6. The van der Waals surface area contributed by atoms with Crippen molar-refractivity contribution >= 4 is 17.7 Å². The second-order valence-electron chi connectivity index (χ2n) is 8.09. The van der Waals surface area contributed by atoms with Gasteiger partial charge in [-0.05, 0) is 55.2 Å². The highest BCUT2D eigenvalue weighted by molar-refractivity contribution is 5.89. The van der Waals surface area contributed by atoms with Crippen molar-refractivity contribution < 1.29 is 28.6 Å². The van der Waals surface area contributed by atoms with E-state index in [-0.39, 0.29) is 19.1 Å². The van der Waals surface area contributed by atoms with Gasteiger partial charge < -0.3 is 24.8 Å². The number of aliphatic carboxylic acids is 1. The van der Waals surface area contributed by atoms with Crippen LogP contribution < -0.4 is 10.1 Å². The van der Waals surface area contributed by atoms with Gasteiger partial charge >= 0.3 is 12.0 Å². The number of nitrogens with zero attached hydrogens (tertiary/aromatic N) is 1. The summed E-state index contributed by atoms with van der Waals surface area (Å²) in [6.45, 7) is 7.46. The number of hydrogen-bond donors (Lipinski definition) is 2. The number of urea groups is 1. The molecule has 0 spiro atoms. The van der Waals surface area contributed by atoms with Crippen LogP contribution >= 0.6 is 0 Å². The van der Waals surface area contributed by atoms with E-state index in [1.54, 1.807) is 48.2 Å². The highest BCUT2D eigenvalue weighted by Crippen LogP contribution is 2.15. The van der Waals surface area contributed by atoms with Gasteiger partial charge in [-0.2, -0.15) is 0 Å². The molecule has 2 rings (SSSR count). The zero-order chi connectivity index (χ0) is 24.2. The Bertz CT molecular complexity index is 889. The van der Waals surface area contributed by atoms with E-state index in [2.05, 4.69) is 19.2 Å². The molecule has 2 N–H and O–H groups in total. The van der Waals surface area contributed by atoms with Crippen molar-refractivity contribution in [1.29, 1.82) is 0 Å². The van der Waals surface area contributed by atoms with E-state index >= 15 is 0 Å². The maximum Gasteiger partial charge on any atom is 0.333 e. The summed E-state index contributed by atoms with van der Waals surface area (Å²) >= 11 is 0. The summed E-state index contributed by atoms with van der Waals surface area (Å²) in [5.41, 5.74) is 1.23. The third-order valence-electron chi connectivity index (χ3n) is 4.96. The second kappa shape index (κ2) is 13.4. The van der Waals surface area contributed by atoms with Crippen molar-refractivity contribution in [2.45, 2.75) is 39.7 Å². The molecule has 0 aliphatic rings. The quantitative estimate of drug-likeness (QED) is 0.448. The van der Waals surface area contributed by atoms with Gasteiger partial charge in [-0.25, -0.2) is 14.0 Å². The fraction of sp³-hybridized carbons (Fsp3) is 0.440. The minimum Gasteiger partial charge on any atom is -0.492 e. The topological polar surface area (TPSA) is 88.1 Å². The number of carbonyl (C=O) groups excluding carboxylic acids is 1. The number of hydrogen-bond acceptors (Lipinski definition) is 4. The molecular weight excluding hydrogens is 427 g/mol. The molecule has 0 saturated carbocycles. The number of amides is 2. The Hall–Kier alpha value is -3.13. The summed E-state index contributed by atoms with van der Waals surface area (Å²) in [5.74, 6) is -0.356. The number of benzene rings is 2.